The first-order valence-corrected chi connectivity index (χ1v) is 14.6. The predicted molar refractivity (Wildman–Crippen MR) is 166 cm³/mol. The van der Waals surface area contributed by atoms with Gasteiger partial charge >= 0.3 is 0 Å². The number of benzene rings is 4. The highest BCUT2D eigenvalue weighted by molar-refractivity contribution is 6.02. The highest BCUT2D eigenvalue weighted by Crippen LogP contribution is 2.50. The molecule has 8 rings (SSSR count). The Balaban J connectivity index is 1.41. The Morgan fingerprint density at radius 2 is 1.60 bits per heavy atom. The van der Waals surface area contributed by atoms with Crippen molar-refractivity contribution < 1.29 is 9.22 Å². The maximum Gasteiger partial charge on any atom is 0.135 e. The van der Waals surface area contributed by atoms with Crippen molar-refractivity contribution in [1.29, 1.82) is 0 Å². The molecule has 0 N–H and O–H groups in total. The molecule has 40 heavy (non-hydrogen) atoms. The van der Waals surface area contributed by atoms with Gasteiger partial charge in [-0.3, -0.25) is 4.98 Å². The van der Waals surface area contributed by atoms with Crippen LogP contribution < -0.4 is 0 Å². The Kier molecular flexibility index (Phi) is 6.50. The topological polar surface area (TPSA) is 22.1 Å². The van der Waals surface area contributed by atoms with Gasteiger partial charge in [0.1, 0.15) is 18.7 Å². The number of pyridine rings is 1. The Morgan fingerprint density at radius 1 is 0.900 bits per heavy atom. The standard InChI is InChI=1S/C37H37N2O/c1-3-21-40-37(33-17-19-38-35-16-10-9-15-32(33)35)36-23-27-18-20-39(36,24-26(27)4-2)25-34-30-13-7-5-11-28(30)22-29-12-6-8-14-31(29)34/h3-17,19,22,26-27,36-37H,1-2,18,20-21,23-25H2/q+1/t26-,27?,36-,37+,39?/m0/s1. The lowest BCUT2D eigenvalue weighted by molar-refractivity contribution is -0.984. The molecule has 3 aliphatic heterocycles. The van der Waals surface area contributed by atoms with Crippen LogP contribution in [0.2, 0.25) is 0 Å². The fourth-order valence-electron chi connectivity index (χ4n) is 7.90. The van der Waals surface area contributed by atoms with Gasteiger partial charge in [-0.2, -0.15) is 0 Å². The van der Waals surface area contributed by atoms with Crippen molar-refractivity contribution in [3.63, 3.8) is 0 Å². The number of hydrogen-bond donors (Lipinski definition) is 0. The van der Waals surface area contributed by atoms with Crippen LogP contribution in [0, 0.1) is 11.8 Å². The molecule has 1 aromatic heterocycles. The second-order valence-electron chi connectivity index (χ2n) is 11.8. The largest absolute Gasteiger partial charge is 0.363 e. The van der Waals surface area contributed by atoms with E-state index in [4.69, 9.17) is 4.74 Å². The number of rotatable bonds is 8. The molecule has 3 nitrogen and oxygen atoms in total. The third-order valence-electron chi connectivity index (χ3n) is 9.76. The number of para-hydroxylation sites is 1. The molecule has 2 bridgehead atoms. The van der Waals surface area contributed by atoms with Gasteiger partial charge < -0.3 is 9.22 Å². The van der Waals surface area contributed by atoms with Gasteiger partial charge in [-0.15, -0.1) is 13.2 Å². The molecule has 0 saturated carbocycles. The van der Waals surface area contributed by atoms with E-state index in [0.717, 1.165) is 36.1 Å². The van der Waals surface area contributed by atoms with Gasteiger partial charge in [-0.25, -0.2) is 0 Å². The van der Waals surface area contributed by atoms with E-state index in [9.17, 15) is 0 Å². The molecule has 4 heterocycles. The molecule has 3 fully saturated rings. The summed E-state index contributed by atoms with van der Waals surface area (Å²) in [6, 6.07) is 31.2. The highest BCUT2D eigenvalue weighted by Gasteiger charge is 2.54. The molecule has 5 aromatic rings. The van der Waals surface area contributed by atoms with E-state index in [1.807, 2.05) is 12.3 Å². The molecule has 4 aromatic carbocycles. The van der Waals surface area contributed by atoms with Gasteiger partial charge in [0.15, 0.2) is 0 Å². The zero-order valence-electron chi connectivity index (χ0n) is 23.1. The van der Waals surface area contributed by atoms with Crippen molar-refractivity contribution in [1.82, 2.24) is 4.98 Å². The number of quaternary nitrogens is 1. The van der Waals surface area contributed by atoms with E-state index in [2.05, 4.69) is 109 Å². The van der Waals surface area contributed by atoms with E-state index in [-0.39, 0.29) is 6.10 Å². The van der Waals surface area contributed by atoms with E-state index >= 15 is 0 Å². The SMILES string of the molecule is C=CCO[C@H](c1ccnc2ccccc12)[C@@H]1CC2CC[N+]1(Cc1c3ccccc3cc3ccccc13)C[C@@H]2C=C. The van der Waals surface area contributed by atoms with Crippen molar-refractivity contribution in [3.8, 4) is 0 Å². The second kappa shape index (κ2) is 10.3. The summed E-state index contributed by atoms with van der Waals surface area (Å²) < 4.78 is 7.81. The average molecular weight is 526 g/mol. The molecular formula is C37H37N2O+. The summed E-state index contributed by atoms with van der Waals surface area (Å²) in [4.78, 5) is 4.68. The molecule has 0 radical (unpaired) electrons. The van der Waals surface area contributed by atoms with Crippen LogP contribution in [-0.4, -0.2) is 35.2 Å². The lowest BCUT2D eigenvalue weighted by atomic mass is 9.70. The Labute approximate surface area is 237 Å². The zero-order chi connectivity index (χ0) is 27.1. The van der Waals surface area contributed by atoms with Gasteiger partial charge in [-0.1, -0.05) is 78.9 Å². The molecule has 0 aliphatic carbocycles. The summed E-state index contributed by atoms with van der Waals surface area (Å²) in [5, 5.41) is 6.56. The molecular weight excluding hydrogens is 488 g/mol. The van der Waals surface area contributed by atoms with Crippen molar-refractivity contribution in [3.05, 3.63) is 128 Å². The summed E-state index contributed by atoms with van der Waals surface area (Å²) in [7, 11) is 0. The van der Waals surface area contributed by atoms with E-state index in [1.54, 1.807) is 0 Å². The normalized spacial score (nSPS) is 24.9. The Bertz CT molecular complexity index is 1670. The minimum Gasteiger partial charge on any atom is -0.363 e. The first kappa shape index (κ1) is 25.2. The zero-order valence-corrected chi connectivity index (χ0v) is 23.1. The molecule has 200 valence electrons. The van der Waals surface area contributed by atoms with E-state index in [0.29, 0.717) is 24.5 Å². The Morgan fingerprint density at radius 3 is 2.33 bits per heavy atom. The van der Waals surface area contributed by atoms with Gasteiger partial charge in [0.2, 0.25) is 0 Å². The average Bonchev–Trinajstić information content (AvgIpc) is 3.01. The van der Waals surface area contributed by atoms with Crippen LogP contribution in [0.25, 0.3) is 32.4 Å². The van der Waals surface area contributed by atoms with Crippen LogP contribution in [0.3, 0.4) is 0 Å². The molecule has 0 amide bonds. The van der Waals surface area contributed by atoms with Crippen molar-refractivity contribution in [2.45, 2.75) is 31.5 Å². The van der Waals surface area contributed by atoms with Crippen LogP contribution in [-0.2, 0) is 11.3 Å². The second-order valence-corrected chi connectivity index (χ2v) is 11.8. The molecule has 2 unspecified atom stereocenters. The lowest BCUT2D eigenvalue weighted by Crippen LogP contribution is -2.67. The summed E-state index contributed by atoms with van der Waals surface area (Å²) in [5.41, 5.74) is 3.74. The number of hydrogen-bond acceptors (Lipinski definition) is 2. The predicted octanol–water partition coefficient (Wildman–Crippen LogP) is 8.40. The van der Waals surface area contributed by atoms with E-state index in [1.165, 1.54) is 44.5 Å². The van der Waals surface area contributed by atoms with Crippen LogP contribution >= 0.6 is 0 Å². The maximum atomic E-state index is 6.80. The highest BCUT2D eigenvalue weighted by atomic mass is 16.5. The quantitative estimate of drug-likeness (QED) is 0.115. The van der Waals surface area contributed by atoms with Crippen molar-refractivity contribution >= 4 is 32.4 Å². The monoisotopic (exact) mass is 525 g/mol. The number of nitrogens with zero attached hydrogens (tertiary/aromatic N) is 2. The lowest BCUT2D eigenvalue weighted by Gasteiger charge is -2.58. The molecule has 3 aliphatic rings. The molecule has 3 heteroatoms. The smallest absolute Gasteiger partial charge is 0.135 e. The van der Waals surface area contributed by atoms with E-state index < -0.39 is 0 Å². The summed E-state index contributed by atoms with van der Waals surface area (Å²) in [6.07, 6.45) is 8.41. The number of aromatic nitrogens is 1. The fraction of sp³-hybridized carbons (Fsp3) is 0.270. The number of ether oxygens (including phenoxy) is 1. The summed E-state index contributed by atoms with van der Waals surface area (Å²) in [6.45, 7) is 12.1. The first-order chi connectivity index (χ1) is 19.7. The van der Waals surface area contributed by atoms with Crippen LogP contribution in [0.15, 0.2) is 116 Å². The maximum absolute atomic E-state index is 6.80. The van der Waals surface area contributed by atoms with Gasteiger partial charge in [0.25, 0.3) is 0 Å². The Hall–Kier alpha value is -3.79. The van der Waals surface area contributed by atoms with Gasteiger partial charge in [0, 0.05) is 35.9 Å². The van der Waals surface area contributed by atoms with Gasteiger partial charge in [-0.05, 0) is 51.2 Å². The van der Waals surface area contributed by atoms with Crippen LogP contribution in [0.4, 0.5) is 0 Å². The number of fused-ring (bicyclic) bond motifs is 6. The van der Waals surface area contributed by atoms with Gasteiger partial charge in [0.05, 0.1) is 25.2 Å². The summed E-state index contributed by atoms with van der Waals surface area (Å²) in [5.74, 6) is 1.18. The minimum atomic E-state index is -0.0410. The minimum absolute atomic E-state index is 0.0410. The first-order valence-electron chi connectivity index (χ1n) is 14.6. The molecule has 5 atom stereocenters. The van der Waals surface area contributed by atoms with Crippen molar-refractivity contribution in [2.75, 3.05) is 19.7 Å². The van der Waals surface area contributed by atoms with Crippen molar-refractivity contribution in [2.24, 2.45) is 11.8 Å². The fourth-order valence-corrected chi connectivity index (χ4v) is 7.90. The summed E-state index contributed by atoms with van der Waals surface area (Å²) >= 11 is 0. The number of piperidine rings is 3. The third kappa shape index (κ3) is 4.16. The molecule has 0 spiro atoms. The van der Waals surface area contributed by atoms with Crippen LogP contribution in [0.1, 0.15) is 30.1 Å². The molecule has 3 saturated heterocycles. The van der Waals surface area contributed by atoms with Crippen LogP contribution in [0.5, 0.6) is 0 Å². The third-order valence-corrected chi connectivity index (χ3v) is 9.76.